The van der Waals surface area contributed by atoms with E-state index in [4.69, 9.17) is 5.73 Å². The molecule has 2 atom stereocenters. The molecule has 0 spiro atoms. The van der Waals surface area contributed by atoms with Crippen LogP contribution in [-0.4, -0.2) is 31.9 Å². The highest BCUT2D eigenvalue weighted by Crippen LogP contribution is 2.31. The third kappa shape index (κ3) is 3.26. The third-order valence-electron chi connectivity index (χ3n) is 3.07. The zero-order chi connectivity index (χ0) is 12.6. The molecule has 0 bridgehead atoms. The molecule has 8 heteroatoms. The molecule has 1 aromatic heterocycles. The summed E-state index contributed by atoms with van der Waals surface area (Å²) in [4.78, 5) is 0. The van der Waals surface area contributed by atoms with Crippen LogP contribution in [0.5, 0.6) is 0 Å². The van der Waals surface area contributed by atoms with Gasteiger partial charge in [0.05, 0.1) is 3.79 Å². The van der Waals surface area contributed by atoms with E-state index >= 15 is 0 Å². The van der Waals surface area contributed by atoms with Crippen molar-refractivity contribution in [3.8, 4) is 0 Å². The number of rotatable bonds is 3. The number of hydrogen-bond donors (Lipinski definition) is 1. The van der Waals surface area contributed by atoms with E-state index in [-0.39, 0.29) is 24.4 Å². The fraction of sp³-hybridized carbons (Fsp3) is 0.600. The summed E-state index contributed by atoms with van der Waals surface area (Å²) in [6.07, 6.45) is 0.851. The Morgan fingerprint density at radius 1 is 1.56 bits per heavy atom. The second kappa shape index (κ2) is 6.19. The van der Waals surface area contributed by atoms with Crippen molar-refractivity contribution in [1.82, 2.24) is 4.31 Å². The Hall–Kier alpha value is 0.340. The predicted molar refractivity (Wildman–Crippen MR) is 79.8 cm³/mol. The van der Waals surface area contributed by atoms with Crippen molar-refractivity contribution in [2.24, 2.45) is 11.7 Å². The van der Waals surface area contributed by atoms with Crippen molar-refractivity contribution < 1.29 is 8.42 Å². The van der Waals surface area contributed by atoms with Gasteiger partial charge in [0, 0.05) is 19.1 Å². The molecule has 2 unspecified atom stereocenters. The van der Waals surface area contributed by atoms with Crippen molar-refractivity contribution in [2.45, 2.75) is 23.6 Å². The van der Waals surface area contributed by atoms with Gasteiger partial charge in [0.25, 0.3) is 10.0 Å². The van der Waals surface area contributed by atoms with Crippen LogP contribution in [-0.2, 0) is 10.0 Å². The molecule has 2 heterocycles. The van der Waals surface area contributed by atoms with Gasteiger partial charge < -0.3 is 5.73 Å². The van der Waals surface area contributed by atoms with Crippen LogP contribution in [0.25, 0.3) is 0 Å². The van der Waals surface area contributed by atoms with Crippen LogP contribution in [0.15, 0.2) is 20.1 Å². The van der Waals surface area contributed by atoms with Gasteiger partial charge in [-0.1, -0.05) is 0 Å². The molecule has 104 valence electrons. The molecular formula is C10H16BrClN2O2S2. The van der Waals surface area contributed by atoms with Crippen molar-refractivity contribution in [1.29, 1.82) is 0 Å². The van der Waals surface area contributed by atoms with Gasteiger partial charge in [-0.2, -0.15) is 4.31 Å². The molecule has 1 aliphatic rings. The first-order chi connectivity index (χ1) is 7.91. The summed E-state index contributed by atoms with van der Waals surface area (Å²) in [5.74, 6) is 0.271. The molecular weight excluding hydrogens is 360 g/mol. The van der Waals surface area contributed by atoms with Crippen molar-refractivity contribution in [2.75, 3.05) is 13.1 Å². The molecule has 0 amide bonds. The summed E-state index contributed by atoms with van der Waals surface area (Å²) in [6.45, 7) is 3.04. The summed E-state index contributed by atoms with van der Waals surface area (Å²) < 4.78 is 27.4. The Labute approximate surface area is 126 Å². The van der Waals surface area contributed by atoms with E-state index in [1.165, 1.54) is 11.3 Å². The summed E-state index contributed by atoms with van der Waals surface area (Å²) in [5, 5.41) is 0. The van der Waals surface area contributed by atoms with Crippen LogP contribution in [0.3, 0.4) is 0 Å². The maximum Gasteiger partial charge on any atom is 0.252 e. The van der Waals surface area contributed by atoms with E-state index in [1.807, 2.05) is 6.92 Å². The highest BCUT2D eigenvalue weighted by molar-refractivity contribution is 9.11. The van der Waals surface area contributed by atoms with Gasteiger partial charge in [-0.05, 0) is 47.3 Å². The van der Waals surface area contributed by atoms with Crippen molar-refractivity contribution >= 4 is 49.7 Å². The Balaban J connectivity index is 0.00000162. The van der Waals surface area contributed by atoms with Crippen LogP contribution >= 0.6 is 39.7 Å². The molecule has 2 N–H and O–H groups in total. The van der Waals surface area contributed by atoms with Crippen LogP contribution in [0.4, 0.5) is 0 Å². The van der Waals surface area contributed by atoms with E-state index in [1.54, 1.807) is 16.4 Å². The van der Waals surface area contributed by atoms with Gasteiger partial charge in [0.1, 0.15) is 4.21 Å². The average molecular weight is 376 g/mol. The Morgan fingerprint density at radius 2 is 2.22 bits per heavy atom. The molecule has 2 rings (SSSR count). The predicted octanol–water partition coefficient (Wildman–Crippen LogP) is 2.29. The lowest BCUT2D eigenvalue weighted by Crippen LogP contribution is -2.32. The minimum Gasteiger partial charge on any atom is -0.328 e. The summed E-state index contributed by atoms with van der Waals surface area (Å²) in [5.41, 5.74) is 5.82. The number of nitrogens with zero attached hydrogens (tertiary/aromatic N) is 1. The molecule has 0 aliphatic carbocycles. The molecule has 1 saturated heterocycles. The lowest BCUT2D eigenvalue weighted by atomic mass is 10.0. The second-order valence-electron chi connectivity index (χ2n) is 4.33. The van der Waals surface area contributed by atoms with E-state index < -0.39 is 10.0 Å². The quantitative estimate of drug-likeness (QED) is 0.881. The number of thiophene rings is 1. The fourth-order valence-corrected chi connectivity index (χ4v) is 5.64. The SMILES string of the molecule is CC(N)C1CCN(S(=O)(=O)c2ccc(Br)s2)C1.Cl. The number of nitrogens with two attached hydrogens (primary N) is 1. The van der Waals surface area contributed by atoms with Gasteiger partial charge in [0.15, 0.2) is 0 Å². The van der Waals surface area contributed by atoms with Crippen LogP contribution in [0.1, 0.15) is 13.3 Å². The minimum atomic E-state index is -3.32. The highest BCUT2D eigenvalue weighted by Gasteiger charge is 2.34. The van der Waals surface area contributed by atoms with Crippen LogP contribution in [0, 0.1) is 5.92 Å². The topological polar surface area (TPSA) is 63.4 Å². The second-order valence-corrected chi connectivity index (χ2v) is 8.96. The molecule has 0 saturated carbocycles. The van der Waals surface area contributed by atoms with E-state index in [0.29, 0.717) is 17.3 Å². The van der Waals surface area contributed by atoms with Crippen molar-refractivity contribution in [3.05, 3.63) is 15.9 Å². The standard InChI is InChI=1S/C10H15BrN2O2S2.ClH/c1-7(12)8-4-5-13(6-8)17(14,15)10-3-2-9(11)16-10;/h2-3,7-8H,4-6,12H2,1H3;1H. The molecule has 18 heavy (non-hydrogen) atoms. The minimum absolute atomic E-state index is 0. The molecule has 0 aromatic carbocycles. The number of halogens is 2. The zero-order valence-corrected chi connectivity index (χ0v) is 13.9. The highest BCUT2D eigenvalue weighted by atomic mass is 79.9. The summed E-state index contributed by atoms with van der Waals surface area (Å²) >= 11 is 4.53. The number of sulfonamides is 1. The maximum absolute atomic E-state index is 12.3. The van der Waals surface area contributed by atoms with Gasteiger partial charge >= 0.3 is 0 Å². The normalized spacial score (nSPS) is 22.7. The first-order valence-corrected chi connectivity index (χ1v) is 8.47. The van der Waals surface area contributed by atoms with E-state index in [2.05, 4.69) is 15.9 Å². The van der Waals surface area contributed by atoms with Crippen LogP contribution < -0.4 is 5.73 Å². The Morgan fingerprint density at radius 3 is 2.67 bits per heavy atom. The zero-order valence-electron chi connectivity index (χ0n) is 9.87. The first kappa shape index (κ1) is 16.4. The van der Waals surface area contributed by atoms with Gasteiger partial charge in [-0.15, -0.1) is 23.7 Å². The van der Waals surface area contributed by atoms with E-state index in [9.17, 15) is 8.42 Å². The van der Waals surface area contributed by atoms with Crippen molar-refractivity contribution in [3.63, 3.8) is 0 Å². The van der Waals surface area contributed by atoms with Gasteiger partial charge in [-0.3, -0.25) is 0 Å². The largest absolute Gasteiger partial charge is 0.328 e. The smallest absolute Gasteiger partial charge is 0.252 e. The maximum atomic E-state index is 12.3. The average Bonchev–Trinajstić information content (AvgIpc) is 2.85. The van der Waals surface area contributed by atoms with E-state index in [0.717, 1.165) is 10.2 Å². The molecule has 1 fully saturated rings. The number of hydrogen-bond acceptors (Lipinski definition) is 4. The molecule has 1 aliphatic heterocycles. The Bertz CT molecular complexity index is 504. The fourth-order valence-electron chi connectivity index (χ4n) is 1.96. The van der Waals surface area contributed by atoms with Gasteiger partial charge in [0.2, 0.25) is 0 Å². The summed E-state index contributed by atoms with van der Waals surface area (Å²) in [7, 11) is -3.32. The molecule has 4 nitrogen and oxygen atoms in total. The lowest BCUT2D eigenvalue weighted by Gasteiger charge is -2.17. The lowest BCUT2D eigenvalue weighted by molar-refractivity contribution is 0.430. The summed E-state index contributed by atoms with van der Waals surface area (Å²) in [6, 6.07) is 3.45. The molecule has 0 radical (unpaired) electrons. The molecule has 1 aromatic rings. The monoisotopic (exact) mass is 374 g/mol. The third-order valence-corrected chi connectivity index (χ3v) is 7.03. The van der Waals surface area contributed by atoms with Gasteiger partial charge in [-0.25, -0.2) is 8.42 Å². The van der Waals surface area contributed by atoms with Crippen LogP contribution in [0.2, 0.25) is 0 Å². The Kier molecular flexibility index (Phi) is 5.64. The first-order valence-electron chi connectivity index (χ1n) is 5.42.